The quantitative estimate of drug-likeness (QED) is 0.157. The van der Waals surface area contributed by atoms with Crippen LogP contribution in [-0.2, 0) is 23.9 Å². The molecule has 1 saturated heterocycles. The van der Waals surface area contributed by atoms with Crippen LogP contribution in [0.25, 0.3) is 0 Å². The third-order valence-corrected chi connectivity index (χ3v) is 5.62. The lowest BCUT2D eigenvalue weighted by molar-refractivity contribution is -0.395. The standard InChI is InChI=1S/C20H24O15/c21-9-1-3-10(4-2-9)34-17-19(32,7-14(27)28)20(33,8-15(29)30)18(31,6-13(25)26)16(35-17)11(22)5-12(23)24/h1-4,11,16-17,21-22,31-33H,5-8H2,(H,23,24)(H,25,26)(H,27,28)(H,29,30)/t11?,16-,17-,18-,19+,20+/m1/s1. The highest BCUT2D eigenvalue weighted by molar-refractivity contribution is 5.74. The highest BCUT2D eigenvalue weighted by Crippen LogP contribution is 2.51. The Morgan fingerprint density at radius 2 is 1.31 bits per heavy atom. The van der Waals surface area contributed by atoms with E-state index in [0.717, 1.165) is 24.3 Å². The van der Waals surface area contributed by atoms with Gasteiger partial charge < -0.3 is 55.4 Å². The fourth-order valence-corrected chi connectivity index (χ4v) is 4.09. The summed E-state index contributed by atoms with van der Waals surface area (Å²) < 4.78 is 10.7. The van der Waals surface area contributed by atoms with E-state index in [4.69, 9.17) is 14.6 Å². The molecule has 1 aliphatic rings. The van der Waals surface area contributed by atoms with Gasteiger partial charge in [-0.25, -0.2) is 0 Å². The second kappa shape index (κ2) is 10.0. The Morgan fingerprint density at radius 1 is 0.829 bits per heavy atom. The SMILES string of the molecule is O=C(O)CC(O)[C@H]1O[C@@H](Oc2ccc(O)cc2)[C@@](O)(CC(=O)O)[C@](O)(CC(=O)O)[C@@]1(O)CC(=O)O. The third-order valence-electron chi connectivity index (χ3n) is 5.62. The molecule has 0 bridgehead atoms. The van der Waals surface area contributed by atoms with E-state index in [-0.39, 0.29) is 11.5 Å². The maximum atomic E-state index is 11.6. The number of aromatic hydroxyl groups is 1. The summed E-state index contributed by atoms with van der Waals surface area (Å²) in [6, 6.07) is 4.37. The van der Waals surface area contributed by atoms with Gasteiger partial charge >= 0.3 is 23.9 Å². The maximum absolute atomic E-state index is 11.6. The van der Waals surface area contributed by atoms with E-state index in [1.165, 1.54) is 0 Å². The van der Waals surface area contributed by atoms with Crippen molar-refractivity contribution in [2.75, 3.05) is 0 Å². The van der Waals surface area contributed by atoms with Gasteiger partial charge in [-0.2, -0.15) is 0 Å². The topological polar surface area (TPSA) is 269 Å². The molecule has 0 amide bonds. The largest absolute Gasteiger partial charge is 0.508 e. The summed E-state index contributed by atoms with van der Waals surface area (Å²) >= 11 is 0. The molecular formula is C20H24O15. The molecular weight excluding hydrogens is 480 g/mol. The second-order valence-electron chi connectivity index (χ2n) is 8.09. The predicted molar refractivity (Wildman–Crippen MR) is 107 cm³/mol. The molecule has 1 aliphatic heterocycles. The molecule has 1 heterocycles. The van der Waals surface area contributed by atoms with Crippen LogP contribution in [0.5, 0.6) is 11.5 Å². The summed E-state index contributed by atoms with van der Waals surface area (Å²) in [7, 11) is 0. The van der Waals surface area contributed by atoms with E-state index in [0.29, 0.717) is 0 Å². The average Bonchev–Trinajstić information content (AvgIpc) is 2.68. The minimum absolute atomic E-state index is 0.240. The van der Waals surface area contributed by atoms with Crippen LogP contribution in [-0.4, -0.2) is 105 Å². The van der Waals surface area contributed by atoms with Crippen molar-refractivity contribution in [2.24, 2.45) is 0 Å². The van der Waals surface area contributed by atoms with Gasteiger partial charge in [-0.05, 0) is 24.3 Å². The van der Waals surface area contributed by atoms with Gasteiger partial charge in [0.2, 0.25) is 6.29 Å². The van der Waals surface area contributed by atoms with Crippen LogP contribution in [0.15, 0.2) is 24.3 Å². The zero-order valence-electron chi connectivity index (χ0n) is 17.8. The Morgan fingerprint density at radius 3 is 1.77 bits per heavy atom. The third kappa shape index (κ3) is 5.44. The normalized spacial score (nSPS) is 31.3. The highest BCUT2D eigenvalue weighted by atomic mass is 16.7. The number of rotatable bonds is 11. The summed E-state index contributed by atoms with van der Waals surface area (Å²) in [6.07, 6.45) is -13.1. The average molecular weight is 504 g/mol. The van der Waals surface area contributed by atoms with Crippen LogP contribution in [0, 0.1) is 0 Å². The molecule has 1 fully saturated rings. The molecule has 0 aromatic heterocycles. The van der Waals surface area contributed by atoms with Crippen molar-refractivity contribution in [1.82, 2.24) is 0 Å². The molecule has 1 aromatic carbocycles. The van der Waals surface area contributed by atoms with E-state index >= 15 is 0 Å². The van der Waals surface area contributed by atoms with Crippen LogP contribution in [0.2, 0.25) is 0 Å². The van der Waals surface area contributed by atoms with Gasteiger partial charge in [0, 0.05) is 0 Å². The molecule has 15 heteroatoms. The molecule has 0 spiro atoms. The van der Waals surface area contributed by atoms with E-state index in [1.54, 1.807) is 0 Å². The number of hydrogen-bond acceptors (Lipinski definition) is 11. The first-order valence-corrected chi connectivity index (χ1v) is 9.89. The first kappa shape index (κ1) is 27.7. The van der Waals surface area contributed by atoms with Gasteiger partial charge in [-0.1, -0.05) is 0 Å². The molecule has 0 saturated carbocycles. The van der Waals surface area contributed by atoms with Crippen molar-refractivity contribution < 1.29 is 74.6 Å². The molecule has 1 aromatic rings. The van der Waals surface area contributed by atoms with Crippen LogP contribution < -0.4 is 4.74 Å². The van der Waals surface area contributed by atoms with Crippen molar-refractivity contribution in [3.05, 3.63) is 24.3 Å². The number of aliphatic hydroxyl groups is 4. The lowest BCUT2D eigenvalue weighted by Crippen LogP contribution is -2.83. The van der Waals surface area contributed by atoms with Crippen molar-refractivity contribution in [1.29, 1.82) is 0 Å². The smallest absolute Gasteiger partial charge is 0.306 e. The van der Waals surface area contributed by atoms with Crippen molar-refractivity contribution in [2.45, 2.75) is 61.0 Å². The van der Waals surface area contributed by atoms with Crippen LogP contribution in [0.4, 0.5) is 0 Å². The maximum Gasteiger partial charge on any atom is 0.306 e. The van der Waals surface area contributed by atoms with Crippen LogP contribution in [0.1, 0.15) is 25.7 Å². The number of carboxylic acids is 4. The Labute approximate surface area is 196 Å². The number of hydrogen-bond donors (Lipinski definition) is 9. The van der Waals surface area contributed by atoms with Crippen molar-refractivity contribution >= 4 is 23.9 Å². The number of phenols is 1. The lowest BCUT2D eigenvalue weighted by atomic mass is 9.60. The number of phenolic OH excluding ortho intramolecular Hbond substituents is 1. The van der Waals surface area contributed by atoms with Gasteiger partial charge in [-0.15, -0.1) is 0 Å². The number of aliphatic carboxylic acids is 4. The Balaban J connectivity index is 2.79. The molecule has 0 radical (unpaired) electrons. The van der Waals surface area contributed by atoms with Crippen molar-refractivity contribution in [3.63, 3.8) is 0 Å². The summed E-state index contributed by atoms with van der Waals surface area (Å²) in [4.78, 5) is 45.9. The second-order valence-corrected chi connectivity index (χ2v) is 8.09. The van der Waals surface area contributed by atoms with Gasteiger partial charge in [-0.3, -0.25) is 19.2 Å². The van der Waals surface area contributed by atoms with Crippen molar-refractivity contribution in [3.8, 4) is 11.5 Å². The Bertz CT molecular complexity index is 977. The first-order chi connectivity index (χ1) is 16.1. The molecule has 9 N–H and O–H groups in total. The number of ether oxygens (including phenoxy) is 2. The Hall–Kier alpha value is -3.50. The van der Waals surface area contributed by atoms with Gasteiger partial charge in [0.1, 0.15) is 28.8 Å². The molecule has 0 aliphatic carbocycles. The summed E-state index contributed by atoms with van der Waals surface area (Å²) in [6.45, 7) is 0. The van der Waals surface area contributed by atoms with E-state index in [1.807, 2.05) is 0 Å². The zero-order chi connectivity index (χ0) is 26.8. The predicted octanol–water partition coefficient (Wildman–Crippen LogP) is -2.05. The van der Waals surface area contributed by atoms with Gasteiger partial charge in [0.05, 0.1) is 31.8 Å². The summed E-state index contributed by atoms with van der Waals surface area (Å²) in [5.74, 6) is -7.84. The highest BCUT2D eigenvalue weighted by Gasteiger charge is 2.75. The van der Waals surface area contributed by atoms with E-state index in [9.17, 15) is 60.0 Å². The first-order valence-electron chi connectivity index (χ1n) is 9.89. The monoisotopic (exact) mass is 504 g/mol. The summed E-state index contributed by atoms with van der Waals surface area (Å²) in [5, 5.41) is 91.1. The van der Waals surface area contributed by atoms with E-state index in [2.05, 4.69) is 0 Å². The molecule has 2 rings (SSSR count). The zero-order valence-corrected chi connectivity index (χ0v) is 17.8. The van der Waals surface area contributed by atoms with Gasteiger partial charge in [0.15, 0.2) is 5.60 Å². The fourth-order valence-electron chi connectivity index (χ4n) is 4.09. The minimum Gasteiger partial charge on any atom is -0.508 e. The number of aliphatic hydroxyl groups excluding tert-OH is 1. The number of carboxylic acid groups (broad SMARTS) is 4. The fraction of sp³-hybridized carbons (Fsp3) is 0.500. The van der Waals surface area contributed by atoms with Crippen LogP contribution in [0.3, 0.4) is 0 Å². The van der Waals surface area contributed by atoms with Crippen LogP contribution >= 0.6 is 0 Å². The lowest BCUT2D eigenvalue weighted by Gasteiger charge is -2.60. The van der Waals surface area contributed by atoms with E-state index < -0.39 is 84.9 Å². The van der Waals surface area contributed by atoms with Gasteiger partial charge in [0.25, 0.3) is 0 Å². The molecule has 15 nitrogen and oxygen atoms in total. The molecule has 6 atom stereocenters. The molecule has 1 unspecified atom stereocenters. The summed E-state index contributed by atoms with van der Waals surface area (Å²) in [5.41, 5.74) is -10.4. The Kier molecular flexibility index (Phi) is 7.93. The molecule has 194 valence electrons. The number of carbonyl (C=O) groups is 4. The minimum atomic E-state index is -3.59. The number of benzene rings is 1. The molecule has 35 heavy (non-hydrogen) atoms.